The Labute approximate surface area is 118 Å². The molecule has 2 saturated heterocycles. The van der Waals surface area contributed by atoms with E-state index in [9.17, 15) is 4.79 Å². The number of aromatic nitrogens is 1. The normalized spacial score (nSPS) is 23.8. The van der Waals surface area contributed by atoms with Crippen LogP contribution in [0, 0.1) is 5.92 Å². The number of urea groups is 1. The number of likely N-dealkylation sites (tertiary alicyclic amines) is 1. The quantitative estimate of drug-likeness (QED) is 0.893. The highest BCUT2D eigenvalue weighted by Crippen LogP contribution is 2.25. The molecular formula is C14H19N3O3. The van der Waals surface area contributed by atoms with Crippen molar-refractivity contribution in [1.29, 1.82) is 0 Å². The zero-order valence-corrected chi connectivity index (χ0v) is 11.3. The maximum absolute atomic E-state index is 12.2. The molecular weight excluding hydrogens is 258 g/mol. The third kappa shape index (κ3) is 3.08. The molecule has 1 atom stereocenters. The van der Waals surface area contributed by atoms with Crippen LogP contribution in [0.25, 0.3) is 0 Å². The maximum atomic E-state index is 12.2. The number of anilines is 1. The van der Waals surface area contributed by atoms with E-state index in [2.05, 4.69) is 10.3 Å². The Hall–Kier alpha value is -1.66. The van der Waals surface area contributed by atoms with Gasteiger partial charge in [0.1, 0.15) is 5.82 Å². The number of piperidine rings is 1. The molecule has 1 N–H and O–H groups in total. The van der Waals surface area contributed by atoms with E-state index in [1.54, 1.807) is 12.3 Å². The minimum atomic E-state index is -0.152. The predicted octanol–water partition coefficient (Wildman–Crippen LogP) is 1.70. The van der Waals surface area contributed by atoms with E-state index >= 15 is 0 Å². The van der Waals surface area contributed by atoms with Gasteiger partial charge in [-0.25, -0.2) is 9.78 Å². The fourth-order valence-electron chi connectivity index (χ4n) is 2.69. The topological polar surface area (TPSA) is 63.7 Å². The van der Waals surface area contributed by atoms with Crippen LogP contribution in [0.4, 0.5) is 10.6 Å². The summed E-state index contributed by atoms with van der Waals surface area (Å²) in [4.78, 5) is 18.1. The van der Waals surface area contributed by atoms with Crippen molar-refractivity contribution in [2.75, 3.05) is 31.6 Å². The van der Waals surface area contributed by atoms with E-state index in [0.717, 1.165) is 19.4 Å². The molecule has 2 fully saturated rings. The van der Waals surface area contributed by atoms with E-state index in [-0.39, 0.29) is 18.2 Å². The minimum absolute atomic E-state index is 0.105. The average molecular weight is 277 g/mol. The first-order valence-corrected chi connectivity index (χ1v) is 7.03. The summed E-state index contributed by atoms with van der Waals surface area (Å²) in [6, 6.07) is 5.34. The van der Waals surface area contributed by atoms with Gasteiger partial charge in [0.15, 0.2) is 6.29 Å². The van der Waals surface area contributed by atoms with Gasteiger partial charge < -0.3 is 14.4 Å². The number of ether oxygens (including phenoxy) is 2. The monoisotopic (exact) mass is 277 g/mol. The van der Waals surface area contributed by atoms with E-state index in [4.69, 9.17) is 9.47 Å². The third-order valence-corrected chi connectivity index (χ3v) is 3.68. The second-order valence-electron chi connectivity index (χ2n) is 5.10. The second kappa shape index (κ2) is 6.19. The summed E-state index contributed by atoms with van der Waals surface area (Å²) in [5, 5.41) is 2.82. The van der Waals surface area contributed by atoms with E-state index in [0.29, 0.717) is 25.6 Å². The van der Waals surface area contributed by atoms with Crippen LogP contribution in [-0.2, 0) is 9.47 Å². The van der Waals surface area contributed by atoms with Crippen LogP contribution in [0.2, 0.25) is 0 Å². The lowest BCUT2D eigenvalue weighted by atomic mass is 9.98. The van der Waals surface area contributed by atoms with Crippen LogP contribution in [0.1, 0.15) is 12.8 Å². The van der Waals surface area contributed by atoms with Gasteiger partial charge in [-0.05, 0) is 25.0 Å². The predicted molar refractivity (Wildman–Crippen MR) is 73.2 cm³/mol. The lowest BCUT2D eigenvalue weighted by Crippen LogP contribution is -2.45. The molecule has 108 valence electrons. The van der Waals surface area contributed by atoms with Crippen LogP contribution in [0.15, 0.2) is 24.4 Å². The number of amides is 2. The van der Waals surface area contributed by atoms with Gasteiger partial charge in [-0.15, -0.1) is 0 Å². The van der Waals surface area contributed by atoms with Gasteiger partial charge in [0.2, 0.25) is 0 Å². The smallest absolute Gasteiger partial charge is 0.323 e. The van der Waals surface area contributed by atoms with Crippen molar-refractivity contribution in [3.63, 3.8) is 0 Å². The highest BCUT2D eigenvalue weighted by molar-refractivity contribution is 5.88. The number of carbonyl (C=O) groups excluding carboxylic acids is 1. The fraction of sp³-hybridized carbons (Fsp3) is 0.571. The first-order valence-electron chi connectivity index (χ1n) is 7.03. The molecule has 3 heterocycles. The largest absolute Gasteiger partial charge is 0.350 e. The van der Waals surface area contributed by atoms with Crippen molar-refractivity contribution in [2.24, 2.45) is 5.92 Å². The Balaban J connectivity index is 1.57. The molecule has 0 radical (unpaired) electrons. The SMILES string of the molecule is O=C(Nc1ccccn1)N1CCCC(C2OCCO2)C1. The molecule has 6 nitrogen and oxygen atoms in total. The van der Waals surface area contributed by atoms with Crippen molar-refractivity contribution in [3.8, 4) is 0 Å². The Morgan fingerprint density at radius 1 is 1.35 bits per heavy atom. The van der Waals surface area contributed by atoms with E-state index in [1.165, 1.54) is 0 Å². The van der Waals surface area contributed by atoms with Gasteiger partial charge in [-0.1, -0.05) is 6.07 Å². The number of hydrogen-bond acceptors (Lipinski definition) is 4. The van der Waals surface area contributed by atoms with E-state index < -0.39 is 0 Å². The Kier molecular flexibility index (Phi) is 4.13. The summed E-state index contributed by atoms with van der Waals surface area (Å²) < 4.78 is 11.1. The van der Waals surface area contributed by atoms with Gasteiger partial charge in [-0.3, -0.25) is 5.32 Å². The maximum Gasteiger partial charge on any atom is 0.323 e. The molecule has 1 aromatic heterocycles. The summed E-state index contributed by atoms with van der Waals surface area (Å²) in [6.07, 6.45) is 3.52. The summed E-state index contributed by atoms with van der Waals surface area (Å²) in [7, 11) is 0. The molecule has 0 bridgehead atoms. The van der Waals surface area contributed by atoms with Crippen LogP contribution in [0.3, 0.4) is 0 Å². The molecule has 1 aromatic rings. The first kappa shape index (κ1) is 13.3. The molecule has 1 unspecified atom stereocenters. The molecule has 6 heteroatoms. The van der Waals surface area contributed by atoms with Crippen LogP contribution >= 0.6 is 0 Å². The molecule has 2 aliphatic rings. The summed E-state index contributed by atoms with van der Waals surface area (Å²) in [6.45, 7) is 2.74. The third-order valence-electron chi connectivity index (χ3n) is 3.68. The van der Waals surface area contributed by atoms with Crippen molar-refractivity contribution in [1.82, 2.24) is 9.88 Å². The Bertz CT molecular complexity index is 448. The standard InChI is InChI=1S/C14H19N3O3/c18-14(16-12-5-1-2-6-15-12)17-7-3-4-11(10-17)13-19-8-9-20-13/h1-2,5-6,11,13H,3-4,7-10H2,(H,15,16,18). The fourth-order valence-corrected chi connectivity index (χ4v) is 2.69. The average Bonchev–Trinajstić information content (AvgIpc) is 3.03. The number of carbonyl (C=O) groups is 1. The van der Waals surface area contributed by atoms with E-state index in [1.807, 2.05) is 17.0 Å². The molecule has 0 spiro atoms. The zero-order chi connectivity index (χ0) is 13.8. The molecule has 2 amide bonds. The lowest BCUT2D eigenvalue weighted by Gasteiger charge is -2.34. The zero-order valence-electron chi connectivity index (χ0n) is 11.3. The molecule has 0 saturated carbocycles. The van der Waals surface area contributed by atoms with Gasteiger partial charge >= 0.3 is 6.03 Å². The van der Waals surface area contributed by atoms with Crippen molar-refractivity contribution >= 4 is 11.8 Å². The lowest BCUT2D eigenvalue weighted by molar-refractivity contribution is -0.0959. The highest BCUT2D eigenvalue weighted by Gasteiger charge is 2.32. The van der Waals surface area contributed by atoms with Gasteiger partial charge in [0.25, 0.3) is 0 Å². The first-order chi connectivity index (χ1) is 9.83. The Morgan fingerprint density at radius 3 is 2.95 bits per heavy atom. The van der Waals surface area contributed by atoms with Crippen LogP contribution in [0.5, 0.6) is 0 Å². The second-order valence-corrected chi connectivity index (χ2v) is 5.10. The van der Waals surface area contributed by atoms with Crippen molar-refractivity contribution in [2.45, 2.75) is 19.1 Å². The van der Waals surface area contributed by atoms with Gasteiger partial charge in [0, 0.05) is 25.2 Å². The molecule has 2 aliphatic heterocycles. The molecule has 0 aromatic carbocycles. The van der Waals surface area contributed by atoms with Crippen LogP contribution in [-0.4, -0.2) is 48.5 Å². The van der Waals surface area contributed by atoms with Gasteiger partial charge in [-0.2, -0.15) is 0 Å². The number of nitrogens with one attached hydrogen (secondary N) is 1. The number of rotatable bonds is 2. The van der Waals surface area contributed by atoms with Crippen molar-refractivity contribution in [3.05, 3.63) is 24.4 Å². The summed E-state index contributed by atoms with van der Waals surface area (Å²) in [5.41, 5.74) is 0. The summed E-state index contributed by atoms with van der Waals surface area (Å²) in [5.74, 6) is 0.841. The molecule has 3 rings (SSSR count). The van der Waals surface area contributed by atoms with Crippen LogP contribution < -0.4 is 5.32 Å². The minimum Gasteiger partial charge on any atom is -0.350 e. The Morgan fingerprint density at radius 2 is 2.20 bits per heavy atom. The number of nitrogens with zero attached hydrogens (tertiary/aromatic N) is 2. The number of pyridine rings is 1. The molecule has 20 heavy (non-hydrogen) atoms. The molecule has 0 aliphatic carbocycles. The highest BCUT2D eigenvalue weighted by atomic mass is 16.7. The number of hydrogen-bond donors (Lipinski definition) is 1. The summed E-state index contributed by atoms with van der Waals surface area (Å²) >= 11 is 0. The van der Waals surface area contributed by atoms with Gasteiger partial charge in [0.05, 0.1) is 13.2 Å². The van der Waals surface area contributed by atoms with Crippen molar-refractivity contribution < 1.29 is 14.3 Å².